The fourth-order valence-electron chi connectivity index (χ4n) is 4.90. The Hall–Kier alpha value is -3.05. The summed E-state index contributed by atoms with van der Waals surface area (Å²) in [6, 6.07) is 3.61. The number of hydrogen-bond acceptors (Lipinski definition) is 7. The molecular formula is C29H41F3N4O5. The van der Waals surface area contributed by atoms with E-state index in [1.807, 2.05) is 26.8 Å². The summed E-state index contributed by atoms with van der Waals surface area (Å²) in [6.07, 6.45) is 8.22. The van der Waals surface area contributed by atoms with Gasteiger partial charge in [0.15, 0.2) is 0 Å². The van der Waals surface area contributed by atoms with Crippen molar-refractivity contribution in [1.82, 2.24) is 20.0 Å². The average Bonchev–Trinajstić information content (AvgIpc) is 3.70. The van der Waals surface area contributed by atoms with Crippen molar-refractivity contribution in [1.29, 1.82) is 0 Å². The maximum Gasteiger partial charge on any atom is 0.446 e. The minimum atomic E-state index is -4.64. The fourth-order valence-corrected chi connectivity index (χ4v) is 4.90. The molecule has 0 unspecified atom stereocenters. The molecule has 0 aliphatic heterocycles. The number of carbonyl (C=O) groups excluding carboxylic acids is 2. The lowest BCUT2D eigenvalue weighted by Gasteiger charge is -2.18. The Labute approximate surface area is 238 Å². The molecular weight excluding hydrogens is 541 g/mol. The summed E-state index contributed by atoms with van der Waals surface area (Å²) in [7, 11) is 0. The van der Waals surface area contributed by atoms with Gasteiger partial charge in [0.1, 0.15) is 5.60 Å². The number of nitrogens with zero attached hydrogens (tertiary/aromatic N) is 3. The first-order valence-corrected chi connectivity index (χ1v) is 14.5. The Bertz CT molecular complexity index is 1070. The molecule has 228 valence electrons. The van der Waals surface area contributed by atoms with Gasteiger partial charge in [-0.25, -0.2) is 9.89 Å². The maximum atomic E-state index is 11.9. The van der Waals surface area contributed by atoms with Crippen molar-refractivity contribution in [3.63, 3.8) is 0 Å². The van der Waals surface area contributed by atoms with E-state index in [0.717, 1.165) is 48.7 Å². The van der Waals surface area contributed by atoms with Crippen molar-refractivity contribution >= 4 is 12.4 Å². The molecule has 9 nitrogen and oxygen atoms in total. The number of nitrogens with one attached hydrogen (secondary N) is 1. The van der Waals surface area contributed by atoms with E-state index in [1.165, 1.54) is 56.0 Å². The lowest BCUT2D eigenvalue weighted by Crippen LogP contribution is -2.27. The Morgan fingerprint density at radius 1 is 0.951 bits per heavy atom. The zero-order valence-corrected chi connectivity index (χ0v) is 23.9. The number of hydrogen-bond donors (Lipinski definition) is 1. The number of aromatic nitrogens is 4. The molecule has 0 spiro atoms. The van der Waals surface area contributed by atoms with Crippen LogP contribution in [0.2, 0.25) is 0 Å². The molecule has 2 aromatic heterocycles. The SMILES string of the molecule is CC(C)(C)OC(=O)n1ccc(OCC(C2CC2)C2CC2)n1.O=CC(F)(F)F.c1cc(OCC(C2CC2)C2CC2)[nH]n1. The average molecular weight is 583 g/mol. The topological polar surface area (TPSA) is 108 Å². The van der Waals surface area contributed by atoms with Crippen LogP contribution >= 0.6 is 0 Å². The normalized spacial score (nSPS) is 18.6. The number of rotatable bonds is 10. The molecule has 0 bridgehead atoms. The largest absolute Gasteiger partial charge is 0.478 e. The molecule has 1 N–H and O–H groups in total. The van der Waals surface area contributed by atoms with Crippen LogP contribution in [0.5, 0.6) is 11.8 Å². The molecule has 6 rings (SSSR count). The van der Waals surface area contributed by atoms with E-state index in [1.54, 1.807) is 18.5 Å². The second-order valence-corrected chi connectivity index (χ2v) is 12.5. The number of alkyl halides is 3. The van der Waals surface area contributed by atoms with Crippen LogP contribution in [-0.4, -0.2) is 57.3 Å². The van der Waals surface area contributed by atoms with Gasteiger partial charge in [0.25, 0.3) is 0 Å². The van der Waals surface area contributed by atoms with Crippen molar-refractivity contribution in [2.45, 2.75) is 83.9 Å². The second-order valence-electron chi connectivity index (χ2n) is 12.5. The lowest BCUT2D eigenvalue weighted by atomic mass is 9.99. The van der Waals surface area contributed by atoms with E-state index < -0.39 is 24.2 Å². The molecule has 0 radical (unpaired) electrons. The maximum absolute atomic E-state index is 11.9. The van der Waals surface area contributed by atoms with Crippen LogP contribution in [-0.2, 0) is 9.53 Å². The second kappa shape index (κ2) is 13.3. The first-order valence-electron chi connectivity index (χ1n) is 14.5. The summed E-state index contributed by atoms with van der Waals surface area (Å²) in [5.74, 6) is 6.45. The third-order valence-corrected chi connectivity index (χ3v) is 7.52. The number of aldehydes is 1. The van der Waals surface area contributed by atoms with Gasteiger partial charge in [-0.2, -0.15) is 23.0 Å². The van der Waals surface area contributed by atoms with Crippen molar-refractivity contribution in [3.05, 3.63) is 24.5 Å². The van der Waals surface area contributed by atoms with Crippen LogP contribution in [0.4, 0.5) is 18.0 Å². The van der Waals surface area contributed by atoms with Crippen molar-refractivity contribution in [2.75, 3.05) is 13.2 Å². The standard InChI is InChI=1S/C16H24N2O3.C11H16N2O.C2HF3O/c1-16(2,3)21-15(19)18-9-8-14(17-18)20-10-13(11-4-5-11)12-6-7-12;1-2-8(1)10(9-3-4-9)7-14-11-5-6-12-13-11;3-2(4,5)1-6/h8-9,11-13H,4-7,10H2,1-3H3;5-6,8-10H,1-4,7H2,(H,12,13);1H. The summed E-state index contributed by atoms with van der Waals surface area (Å²) < 4.78 is 49.2. The van der Waals surface area contributed by atoms with Gasteiger partial charge in [0.2, 0.25) is 18.0 Å². The number of ether oxygens (including phenoxy) is 3. The zero-order valence-electron chi connectivity index (χ0n) is 23.9. The van der Waals surface area contributed by atoms with Crippen molar-refractivity contribution in [2.24, 2.45) is 35.5 Å². The molecule has 4 saturated carbocycles. The molecule has 2 aromatic rings. The highest BCUT2D eigenvalue weighted by Gasteiger charge is 2.42. The summed E-state index contributed by atoms with van der Waals surface area (Å²) in [5, 5.41) is 10.9. The summed E-state index contributed by atoms with van der Waals surface area (Å²) in [4.78, 5) is 20.6. The van der Waals surface area contributed by atoms with Crippen LogP contribution in [0.15, 0.2) is 24.5 Å². The molecule has 2 heterocycles. The Kier molecular flexibility index (Phi) is 10.0. The van der Waals surface area contributed by atoms with E-state index in [0.29, 0.717) is 11.8 Å². The van der Waals surface area contributed by atoms with E-state index in [4.69, 9.17) is 19.0 Å². The number of aromatic amines is 1. The number of H-pyrrole nitrogens is 1. The highest BCUT2D eigenvalue weighted by atomic mass is 19.4. The van der Waals surface area contributed by atoms with Crippen molar-refractivity contribution in [3.8, 4) is 11.8 Å². The van der Waals surface area contributed by atoms with Crippen molar-refractivity contribution < 1.29 is 37.0 Å². The van der Waals surface area contributed by atoms with Gasteiger partial charge in [-0.1, -0.05) is 0 Å². The monoisotopic (exact) mass is 582 g/mol. The van der Waals surface area contributed by atoms with E-state index >= 15 is 0 Å². The van der Waals surface area contributed by atoms with Gasteiger partial charge in [0.05, 0.1) is 19.4 Å². The van der Waals surface area contributed by atoms with E-state index in [-0.39, 0.29) is 0 Å². The third kappa shape index (κ3) is 11.4. The van der Waals surface area contributed by atoms with E-state index in [9.17, 15) is 18.0 Å². The molecule has 4 fully saturated rings. The van der Waals surface area contributed by atoms with Crippen LogP contribution in [0.3, 0.4) is 0 Å². The number of carbonyl (C=O) groups is 2. The molecule has 4 aliphatic carbocycles. The first kappa shape index (κ1) is 30.9. The zero-order chi connectivity index (χ0) is 29.6. The molecule has 0 aromatic carbocycles. The Balaban J connectivity index is 0.000000166. The molecule has 0 saturated heterocycles. The summed E-state index contributed by atoms with van der Waals surface area (Å²) >= 11 is 0. The molecule has 41 heavy (non-hydrogen) atoms. The molecule has 4 aliphatic rings. The minimum Gasteiger partial charge on any atom is -0.478 e. The fraction of sp³-hybridized carbons (Fsp3) is 0.724. The predicted octanol–water partition coefficient (Wildman–Crippen LogP) is 6.45. The van der Waals surface area contributed by atoms with Gasteiger partial charge in [-0.3, -0.25) is 4.79 Å². The lowest BCUT2D eigenvalue weighted by molar-refractivity contribution is -0.156. The number of halogens is 3. The summed E-state index contributed by atoms with van der Waals surface area (Å²) in [5.41, 5.74) is -0.521. The van der Waals surface area contributed by atoms with Gasteiger partial charge in [0, 0.05) is 18.3 Å². The van der Waals surface area contributed by atoms with Gasteiger partial charge < -0.3 is 14.2 Å². The smallest absolute Gasteiger partial charge is 0.446 e. The van der Waals surface area contributed by atoms with Crippen LogP contribution in [0, 0.1) is 35.5 Å². The van der Waals surface area contributed by atoms with E-state index in [2.05, 4.69) is 15.3 Å². The molecule has 12 heteroatoms. The molecule has 0 atom stereocenters. The Morgan fingerprint density at radius 3 is 1.83 bits per heavy atom. The summed E-state index contributed by atoms with van der Waals surface area (Å²) in [6.45, 7) is 7.11. The van der Waals surface area contributed by atoms with Crippen LogP contribution in [0.1, 0.15) is 72.1 Å². The minimum absolute atomic E-state index is 0.474. The molecule has 0 amide bonds. The quantitative estimate of drug-likeness (QED) is 0.321. The predicted molar refractivity (Wildman–Crippen MR) is 143 cm³/mol. The third-order valence-electron chi connectivity index (χ3n) is 7.52. The highest BCUT2D eigenvalue weighted by molar-refractivity contribution is 5.69. The first-order chi connectivity index (χ1) is 19.4. The Morgan fingerprint density at radius 2 is 1.44 bits per heavy atom. The highest BCUT2D eigenvalue weighted by Crippen LogP contribution is 2.50. The van der Waals surface area contributed by atoms with Crippen LogP contribution < -0.4 is 9.47 Å². The van der Waals surface area contributed by atoms with Crippen LogP contribution in [0.25, 0.3) is 0 Å². The van der Waals surface area contributed by atoms with Gasteiger partial charge in [-0.05, 0) is 108 Å². The van der Waals surface area contributed by atoms with Gasteiger partial charge >= 0.3 is 12.3 Å². The van der Waals surface area contributed by atoms with Gasteiger partial charge in [-0.15, -0.1) is 5.10 Å².